The molecule has 0 atom stereocenters. The number of aromatic nitrogens is 1. The summed E-state index contributed by atoms with van der Waals surface area (Å²) in [4.78, 5) is 4.22. The third kappa shape index (κ3) is 3.18. The highest BCUT2D eigenvalue weighted by molar-refractivity contribution is 14.1. The molecule has 0 saturated carbocycles. The number of halogens is 2. The second-order valence-corrected chi connectivity index (χ2v) is 5.29. The van der Waals surface area contributed by atoms with Crippen molar-refractivity contribution >= 4 is 38.5 Å². The number of benzene rings is 1. The lowest BCUT2D eigenvalue weighted by Gasteiger charge is -2.07. The SMILES string of the molecule is Brc1cnc(OCc2ccccc2)c(I)c1. The van der Waals surface area contributed by atoms with Crippen LogP contribution in [0.25, 0.3) is 0 Å². The molecule has 2 aromatic rings. The summed E-state index contributed by atoms with van der Waals surface area (Å²) in [5, 5.41) is 0. The number of ether oxygens (including phenoxy) is 1. The monoisotopic (exact) mass is 389 g/mol. The van der Waals surface area contributed by atoms with Crippen molar-refractivity contribution in [3.63, 3.8) is 0 Å². The molecule has 0 aliphatic rings. The normalized spacial score (nSPS) is 10.1. The van der Waals surface area contributed by atoms with E-state index in [0.717, 1.165) is 13.6 Å². The summed E-state index contributed by atoms with van der Waals surface area (Å²) in [6, 6.07) is 12.0. The Bertz CT molecular complexity index is 476. The summed E-state index contributed by atoms with van der Waals surface area (Å²) < 4.78 is 7.60. The maximum Gasteiger partial charge on any atom is 0.227 e. The average molecular weight is 390 g/mol. The summed E-state index contributed by atoms with van der Waals surface area (Å²) in [6.07, 6.45) is 1.74. The van der Waals surface area contributed by atoms with Crippen molar-refractivity contribution in [2.24, 2.45) is 0 Å². The van der Waals surface area contributed by atoms with Crippen LogP contribution in [0.1, 0.15) is 5.56 Å². The van der Waals surface area contributed by atoms with Crippen molar-refractivity contribution in [3.8, 4) is 5.88 Å². The van der Waals surface area contributed by atoms with E-state index in [1.54, 1.807) is 6.20 Å². The van der Waals surface area contributed by atoms with Crippen LogP contribution in [0.15, 0.2) is 47.1 Å². The van der Waals surface area contributed by atoms with Gasteiger partial charge in [0.1, 0.15) is 6.61 Å². The van der Waals surface area contributed by atoms with Gasteiger partial charge in [-0.25, -0.2) is 4.98 Å². The maximum atomic E-state index is 5.64. The largest absolute Gasteiger partial charge is 0.472 e. The number of nitrogens with zero attached hydrogens (tertiary/aromatic N) is 1. The molecule has 0 aliphatic carbocycles. The highest BCUT2D eigenvalue weighted by Crippen LogP contribution is 2.22. The van der Waals surface area contributed by atoms with Crippen molar-refractivity contribution in [1.82, 2.24) is 4.98 Å². The molecule has 0 saturated heterocycles. The average Bonchev–Trinajstić information content (AvgIpc) is 2.29. The smallest absolute Gasteiger partial charge is 0.227 e. The Kier molecular flexibility index (Phi) is 4.17. The van der Waals surface area contributed by atoms with Crippen molar-refractivity contribution < 1.29 is 4.74 Å². The molecule has 1 aromatic carbocycles. The zero-order chi connectivity index (χ0) is 11.4. The van der Waals surface area contributed by atoms with Gasteiger partial charge in [0.15, 0.2) is 0 Å². The molecule has 2 nitrogen and oxygen atoms in total. The summed E-state index contributed by atoms with van der Waals surface area (Å²) in [6.45, 7) is 0.547. The van der Waals surface area contributed by atoms with Gasteiger partial charge in [0.05, 0.1) is 3.57 Å². The Morgan fingerprint density at radius 2 is 2.00 bits per heavy atom. The van der Waals surface area contributed by atoms with Gasteiger partial charge in [-0.1, -0.05) is 30.3 Å². The summed E-state index contributed by atoms with van der Waals surface area (Å²) in [7, 11) is 0. The second kappa shape index (κ2) is 5.63. The molecule has 0 N–H and O–H groups in total. The molecule has 0 radical (unpaired) electrons. The van der Waals surface area contributed by atoms with Crippen molar-refractivity contribution in [1.29, 1.82) is 0 Å². The third-order valence-corrected chi connectivity index (χ3v) is 3.20. The van der Waals surface area contributed by atoms with E-state index in [-0.39, 0.29) is 0 Å². The zero-order valence-corrected chi connectivity index (χ0v) is 12.1. The predicted octanol–water partition coefficient (Wildman–Crippen LogP) is 4.03. The van der Waals surface area contributed by atoms with Crippen molar-refractivity contribution in [2.45, 2.75) is 6.61 Å². The quantitative estimate of drug-likeness (QED) is 0.739. The molecule has 0 aliphatic heterocycles. The van der Waals surface area contributed by atoms with Gasteiger partial charge >= 0.3 is 0 Å². The standard InChI is InChI=1S/C12H9BrINO/c13-10-6-11(14)12(15-7-10)16-8-9-4-2-1-3-5-9/h1-7H,8H2. The molecule has 16 heavy (non-hydrogen) atoms. The van der Waals surface area contributed by atoms with Crippen LogP contribution in [0.3, 0.4) is 0 Å². The Morgan fingerprint density at radius 1 is 1.25 bits per heavy atom. The predicted molar refractivity (Wildman–Crippen MR) is 75.4 cm³/mol. The molecule has 1 heterocycles. The van der Waals surface area contributed by atoms with Crippen LogP contribution in [0, 0.1) is 3.57 Å². The molecule has 0 spiro atoms. The molecule has 1 aromatic heterocycles. The fourth-order valence-electron chi connectivity index (χ4n) is 1.23. The van der Waals surface area contributed by atoms with E-state index in [1.807, 2.05) is 36.4 Å². The summed E-state index contributed by atoms with van der Waals surface area (Å²) >= 11 is 5.58. The number of pyridine rings is 1. The molecule has 4 heteroatoms. The van der Waals surface area contributed by atoms with Gasteiger partial charge < -0.3 is 4.74 Å². The molecular formula is C12H9BrINO. The van der Waals surface area contributed by atoms with Gasteiger partial charge in [-0.2, -0.15) is 0 Å². The van der Waals surface area contributed by atoms with E-state index < -0.39 is 0 Å². The first-order valence-electron chi connectivity index (χ1n) is 4.73. The molecule has 82 valence electrons. The molecular weight excluding hydrogens is 381 g/mol. The van der Waals surface area contributed by atoms with Gasteiger partial charge in [0.25, 0.3) is 0 Å². The number of hydrogen-bond acceptors (Lipinski definition) is 2. The highest BCUT2D eigenvalue weighted by Gasteiger charge is 2.03. The lowest BCUT2D eigenvalue weighted by atomic mass is 10.2. The first kappa shape index (κ1) is 11.9. The Balaban J connectivity index is 2.05. The molecule has 0 fully saturated rings. The third-order valence-electron chi connectivity index (χ3n) is 1.99. The summed E-state index contributed by atoms with van der Waals surface area (Å²) in [5.41, 5.74) is 1.14. The molecule has 0 bridgehead atoms. The van der Waals surface area contributed by atoms with E-state index in [1.165, 1.54) is 0 Å². The maximum absolute atomic E-state index is 5.64. The van der Waals surface area contributed by atoms with E-state index in [2.05, 4.69) is 43.5 Å². The first-order valence-corrected chi connectivity index (χ1v) is 6.60. The van der Waals surface area contributed by atoms with Crippen LogP contribution in [0.2, 0.25) is 0 Å². The van der Waals surface area contributed by atoms with E-state index in [4.69, 9.17) is 4.74 Å². The van der Waals surface area contributed by atoms with Crippen LogP contribution in [-0.4, -0.2) is 4.98 Å². The Morgan fingerprint density at radius 3 is 2.69 bits per heavy atom. The number of rotatable bonds is 3. The van der Waals surface area contributed by atoms with Crippen LogP contribution in [0.4, 0.5) is 0 Å². The minimum atomic E-state index is 0.547. The number of hydrogen-bond donors (Lipinski definition) is 0. The van der Waals surface area contributed by atoms with Gasteiger partial charge in [-0.05, 0) is 50.2 Å². The Labute approximate surface area is 116 Å². The fourth-order valence-corrected chi connectivity index (χ4v) is 2.62. The van der Waals surface area contributed by atoms with Gasteiger partial charge in [0, 0.05) is 10.7 Å². The van der Waals surface area contributed by atoms with Crippen LogP contribution >= 0.6 is 38.5 Å². The van der Waals surface area contributed by atoms with Crippen molar-refractivity contribution in [3.05, 3.63) is 56.2 Å². The van der Waals surface area contributed by atoms with E-state index in [0.29, 0.717) is 12.5 Å². The highest BCUT2D eigenvalue weighted by atomic mass is 127. The first-order chi connectivity index (χ1) is 7.75. The van der Waals surface area contributed by atoms with Gasteiger partial charge in [-0.3, -0.25) is 0 Å². The topological polar surface area (TPSA) is 22.1 Å². The molecule has 2 rings (SSSR count). The Hall–Kier alpha value is -0.620. The molecule has 0 unspecified atom stereocenters. The van der Waals surface area contributed by atoms with Crippen molar-refractivity contribution in [2.75, 3.05) is 0 Å². The summed E-state index contributed by atoms with van der Waals surface area (Å²) in [5.74, 6) is 0.674. The van der Waals surface area contributed by atoms with Crippen LogP contribution in [0.5, 0.6) is 5.88 Å². The lowest BCUT2D eigenvalue weighted by Crippen LogP contribution is -1.98. The zero-order valence-electron chi connectivity index (χ0n) is 8.36. The van der Waals surface area contributed by atoms with E-state index in [9.17, 15) is 0 Å². The lowest BCUT2D eigenvalue weighted by molar-refractivity contribution is 0.291. The van der Waals surface area contributed by atoms with Crippen LogP contribution < -0.4 is 4.74 Å². The minimum absolute atomic E-state index is 0.547. The van der Waals surface area contributed by atoms with E-state index >= 15 is 0 Å². The minimum Gasteiger partial charge on any atom is -0.472 e. The van der Waals surface area contributed by atoms with Gasteiger partial charge in [-0.15, -0.1) is 0 Å². The second-order valence-electron chi connectivity index (χ2n) is 3.21. The van der Waals surface area contributed by atoms with Gasteiger partial charge in [0.2, 0.25) is 5.88 Å². The fraction of sp³-hybridized carbons (Fsp3) is 0.0833. The van der Waals surface area contributed by atoms with Crippen LogP contribution in [-0.2, 0) is 6.61 Å². The molecule has 0 amide bonds.